The second kappa shape index (κ2) is 8.78. The van der Waals surface area contributed by atoms with E-state index in [9.17, 15) is 9.59 Å². The number of likely N-dealkylation sites (tertiary alicyclic amines) is 1. The van der Waals surface area contributed by atoms with Crippen molar-refractivity contribution in [2.75, 3.05) is 46.0 Å². The lowest BCUT2D eigenvalue weighted by molar-refractivity contribution is -0.168. The van der Waals surface area contributed by atoms with Gasteiger partial charge >= 0.3 is 5.97 Å². The van der Waals surface area contributed by atoms with Gasteiger partial charge in [-0.15, -0.1) is 0 Å². The standard InChI is InChI=1S/C22H30N4O4/c1-2-30-21(28)22-5-3-18(25-7-9-29-10-8-25)12-17(22)4-6-26(15-22)20(27)19-11-16(13-23)14-24-19/h11,14,17-18,24H,2-10,12,15H2,1H3/t17-,18-,22-/m1/s1. The highest BCUT2D eigenvalue weighted by atomic mass is 16.5. The van der Waals surface area contributed by atoms with Gasteiger partial charge in [0.05, 0.1) is 30.8 Å². The van der Waals surface area contributed by atoms with Crippen LogP contribution in [0.15, 0.2) is 12.3 Å². The lowest BCUT2D eigenvalue weighted by atomic mass is 9.61. The van der Waals surface area contributed by atoms with Gasteiger partial charge in [0.25, 0.3) is 5.91 Å². The maximum Gasteiger partial charge on any atom is 0.314 e. The molecule has 3 aliphatic rings. The minimum absolute atomic E-state index is 0.158. The number of piperidine rings is 1. The Balaban J connectivity index is 1.52. The highest BCUT2D eigenvalue weighted by molar-refractivity contribution is 5.93. The molecule has 3 atom stereocenters. The molecule has 1 aromatic rings. The molecule has 0 spiro atoms. The highest BCUT2D eigenvalue weighted by Gasteiger charge is 2.54. The number of carbonyl (C=O) groups is 2. The highest BCUT2D eigenvalue weighted by Crippen LogP contribution is 2.48. The fourth-order valence-electron chi connectivity index (χ4n) is 5.44. The van der Waals surface area contributed by atoms with Crippen LogP contribution in [0.25, 0.3) is 0 Å². The molecule has 0 unspecified atom stereocenters. The maximum atomic E-state index is 13.1. The lowest BCUT2D eigenvalue weighted by Crippen LogP contribution is -2.59. The number of rotatable bonds is 4. The SMILES string of the molecule is CCOC(=O)[C@@]12CC[C@@H](N3CCOCC3)C[C@H]1CCN(C(=O)c1cc(C#N)c[nH]1)C2. The van der Waals surface area contributed by atoms with Crippen molar-refractivity contribution in [3.8, 4) is 6.07 Å². The Kier molecular flexibility index (Phi) is 6.11. The largest absolute Gasteiger partial charge is 0.466 e. The summed E-state index contributed by atoms with van der Waals surface area (Å²) in [5, 5.41) is 9.03. The molecule has 0 radical (unpaired) electrons. The number of amides is 1. The molecule has 1 aliphatic carbocycles. The van der Waals surface area contributed by atoms with Crippen molar-refractivity contribution in [1.82, 2.24) is 14.8 Å². The second-order valence-electron chi connectivity index (χ2n) is 8.58. The summed E-state index contributed by atoms with van der Waals surface area (Å²) in [5.74, 6) is -0.119. The van der Waals surface area contributed by atoms with Crippen LogP contribution in [-0.2, 0) is 14.3 Å². The first-order valence-electron chi connectivity index (χ1n) is 10.9. The van der Waals surface area contributed by atoms with Gasteiger partial charge in [0.2, 0.25) is 0 Å². The van der Waals surface area contributed by atoms with Crippen molar-refractivity contribution >= 4 is 11.9 Å². The van der Waals surface area contributed by atoms with Crippen LogP contribution >= 0.6 is 0 Å². The monoisotopic (exact) mass is 414 g/mol. The number of H-pyrrole nitrogens is 1. The predicted octanol–water partition coefficient (Wildman–Crippen LogP) is 1.78. The van der Waals surface area contributed by atoms with E-state index in [-0.39, 0.29) is 17.8 Å². The summed E-state index contributed by atoms with van der Waals surface area (Å²) in [7, 11) is 0. The molecule has 1 saturated carbocycles. The van der Waals surface area contributed by atoms with Gasteiger partial charge in [0.1, 0.15) is 11.8 Å². The van der Waals surface area contributed by atoms with Crippen LogP contribution in [0.1, 0.15) is 48.7 Å². The van der Waals surface area contributed by atoms with Gasteiger partial charge in [-0.25, -0.2) is 0 Å². The molecule has 3 heterocycles. The molecule has 0 aromatic carbocycles. The zero-order valence-electron chi connectivity index (χ0n) is 17.6. The van der Waals surface area contributed by atoms with Gasteiger partial charge in [0.15, 0.2) is 0 Å². The smallest absolute Gasteiger partial charge is 0.314 e. The Bertz CT molecular complexity index is 825. The Morgan fingerprint density at radius 3 is 2.83 bits per heavy atom. The zero-order chi connectivity index (χ0) is 21.1. The summed E-state index contributed by atoms with van der Waals surface area (Å²) in [6, 6.07) is 4.07. The Labute approximate surface area is 177 Å². The van der Waals surface area contributed by atoms with E-state index in [2.05, 4.69) is 9.88 Å². The molecular formula is C22H30N4O4. The first-order chi connectivity index (χ1) is 14.6. The summed E-state index contributed by atoms with van der Waals surface area (Å²) >= 11 is 0. The number of ether oxygens (including phenoxy) is 2. The number of aromatic nitrogens is 1. The Hall–Kier alpha value is -2.37. The minimum atomic E-state index is -0.642. The van der Waals surface area contributed by atoms with Crippen LogP contribution in [0.4, 0.5) is 0 Å². The molecule has 30 heavy (non-hydrogen) atoms. The van der Waals surface area contributed by atoms with Gasteiger partial charge in [-0.2, -0.15) is 5.26 Å². The van der Waals surface area contributed by atoms with Crippen LogP contribution in [-0.4, -0.2) is 78.7 Å². The van der Waals surface area contributed by atoms with Crippen molar-refractivity contribution in [2.45, 2.75) is 38.6 Å². The van der Waals surface area contributed by atoms with E-state index >= 15 is 0 Å². The number of hydrogen-bond donors (Lipinski definition) is 1. The average Bonchev–Trinajstić information content (AvgIpc) is 3.28. The molecule has 2 aliphatic heterocycles. The molecule has 1 aromatic heterocycles. The predicted molar refractivity (Wildman–Crippen MR) is 109 cm³/mol. The number of esters is 1. The van der Waals surface area contributed by atoms with Crippen LogP contribution < -0.4 is 0 Å². The fourth-order valence-corrected chi connectivity index (χ4v) is 5.44. The van der Waals surface area contributed by atoms with E-state index in [1.807, 2.05) is 13.0 Å². The van der Waals surface area contributed by atoms with Crippen LogP contribution in [0.5, 0.6) is 0 Å². The third-order valence-electron chi connectivity index (χ3n) is 7.06. The zero-order valence-corrected chi connectivity index (χ0v) is 17.6. The summed E-state index contributed by atoms with van der Waals surface area (Å²) in [6.45, 7) is 6.60. The molecule has 8 nitrogen and oxygen atoms in total. The first-order valence-corrected chi connectivity index (χ1v) is 10.9. The van der Waals surface area contributed by atoms with E-state index in [4.69, 9.17) is 14.7 Å². The van der Waals surface area contributed by atoms with E-state index < -0.39 is 5.41 Å². The average molecular weight is 415 g/mol. The third kappa shape index (κ3) is 3.84. The molecule has 0 bridgehead atoms. The van der Waals surface area contributed by atoms with Gasteiger partial charge in [-0.1, -0.05) is 0 Å². The number of nitrogens with zero attached hydrogens (tertiary/aromatic N) is 3. The van der Waals surface area contributed by atoms with Crippen molar-refractivity contribution in [2.24, 2.45) is 11.3 Å². The van der Waals surface area contributed by atoms with Gasteiger partial charge < -0.3 is 19.4 Å². The Morgan fingerprint density at radius 2 is 2.13 bits per heavy atom. The molecule has 8 heteroatoms. The summed E-state index contributed by atoms with van der Waals surface area (Å²) in [5.41, 5.74) is 0.183. The van der Waals surface area contributed by atoms with Crippen molar-refractivity contribution in [3.63, 3.8) is 0 Å². The molecule has 4 rings (SSSR count). The lowest BCUT2D eigenvalue weighted by Gasteiger charge is -2.52. The summed E-state index contributed by atoms with van der Waals surface area (Å²) in [6.07, 6.45) is 4.95. The quantitative estimate of drug-likeness (QED) is 0.754. The fraction of sp³-hybridized carbons (Fsp3) is 0.682. The first kappa shape index (κ1) is 20.9. The number of fused-ring (bicyclic) bond motifs is 1. The number of aromatic amines is 1. The maximum absolute atomic E-state index is 13.1. The number of nitrogens with one attached hydrogen (secondary N) is 1. The topological polar surface area (TPSA) is 98.7 Å². The van der Waals surface area contributed by atoms with E-state index in [0.717, 1.165) is 52.0 Å². The normalized spacial score (nSPS) is 29.7. The van der Waals surface area contributed by atoms with E-state index in [1.54, 1.807) is 11.0 Å². The van der Waals surface area contributed by atoms with Crippen LogP contribution in [0, 0.1) is 22.7 Å². The summed E-state index contributed by atoms with van der Waals surface area (Å²) < 4.78 is 11.0. The molecule has 1 N–H and O–H groups in total. The van der Waals surface area contributed by atoms with Crippen molar-refractivity contribution < 1.29 is 19.1 Å². The molecule has 3 fully saturated rings. The number of morpholine rings is 1. The molecule has 2 saturated heterocycles. The third-order valence-corrected chi connectivity index (χ3v) is 7.06. The molecule has 1 amide bonds. The van der Waals surface area contributed by atoms with Gasteiger partial charge in [0, 0.05) is 38.4 Å². The van der Waals surface area contributed by atoms with Gasteiger partial charge in [-0.05, 0) is 44.6 Å². The van der Waals surface area contributed by atoms with Crippen molar-refractivity contribution in [3.05, 3.63) is 23.5 Å². The van der Waals surface area contributed by atoms with E-state index in [0.29, 0.717) is 37.0 Å². The summed E-state index contributed by atoms with van der Waals surface area (Å²) in [4.78, 5) is 33.3. The van der Waals surface area contributed by atoms with Crippen molar-refractivity contribution in [1.29, 1.82) is 5.26 Å². The van der Waals surface area contributed by atoms with E-state index in [1.165, 1.54) is 6.20 Å². The van der Waals surface area contributed by atoms with Crippen LogP contribution in [0.2, 0.25) is 0 Å². The van der Waals surface area contributed by atoms with Gasteiger partial charge in [-0.3, -0.25) is 14.5 Å². The Morgan fingerprint density at radius 1 is 1.33 bits per heavy atom. The minimum Gasteiger partial charge on any atom is -0.466 e. The molecule has 162 valence electrons. The van der Waals surface area contributed by atoms with Crippen LogP contribution in [0.3, 0.4) is 0 Å². The second-order valence-corrected chi connectivity index (χ2v) is 8.58. The number of nitriles is 1. The number of hydrogen-bond acceptors (Lipinski definition) is 6. The number of carbonyl (C=O) groups excluding carboxylic acids is 2. The molecular weight excluding hydrogens is 384 g/mol.